The summed E-state index contributed by atoms with van der Waals surface area (Å²) < 4.78 is 6.40. The molecule has 26 heavy (non-hydrogen) atoms. The van der Waals surface area contributed by atoms with Crippen molar-refractivity contribution >= 4 is 5.91 Å². The Labute approximate surface area is 153 Å². The molecule has 2 aliphatic rings. The van der Waals surface area contributed by atoms with E-state index in [1.807, 2.05) is 12.1 Å². The van der Waals surface area contributed by atoms with Gasteiger partial charge >= 0.3 is 0 Å². The van der Waals surface area contributed by atoms with Crippen LogP contribution in [0.15, 0.2) is 48.5 Å². The summed E-state index contributed by atoms with van der Waals surface area (Å²) in [7, 11) is 0. The van der Waals surface area contributed by atoms with Crippen LogP contribution in [0.4, 0.5) is 0 Å². The summed E-state index contributed by atoms with van der Waals surface area (Å²) in [4.78, 5) is 13.8. The molecule has 0 spiro atoms. The minimum atomic E-state index is -0.428. The first kappa shape index (κ1) is 17.1. The average Bonchev–Trinajstić information content (AvgIpc) is 3.01. The number of rotatable bonds is 4. The van der Waals surface area contributed by atoms with Crippen molar-refractivity contribution in [1.82, 2.24) is 4.90 Å². The van der Waals surface area contributed by atoms with Crippen LogP contribution in [0.1, 0.15) is 40.4 Å². The smallest absolute Gasteiger partial charge is 0.248 e. The van der Waals surface area contributed by atoms with Crippen LogP contribution in [0.3, 0.4) is 0 Å². The van der Waals surface area contributed by atoms with Crippen molar-refractivity contribution in [3.8, 4) is 5.75 Å². The van der Waals surface area contributed by atoms with Gasteiger partial charge in [-0.2, -0.15) is 0 Å². The van der Waals surface area contributed by atoms with Gasteiger partial charge in [-0.15, -0.1) is 0 Å². The van der Waals surface area contributed by atoms with E-state index in [0.717, 1.165) is 38.1 Å². The second-order valence-corrected chi connectivity index (χ2v) is 7.29. The Morgan fingerprint density at radius 1 is 1.12 bits per heavy atom. The zero-order chi connectivity index (χ0) is 18.1. The molecule has 2 aromatic carbocycles. The number of piperidine rings is 1. The Balaban J connectivity index is 1.60. The molecule has 1 amide bonds. The topological polar surface area (TPSA) is 81.6 Å². The summed E-state index contributed by atoms with van der Waals surface area (Å²) in [6.45, 7) is 1.98. The van der Waals surface area contributed by atoms with Crippen molar-refractivity contribution in [2.45, 2.75) is 37.5 Å². The second kappa shape index (κ2) is 7.09. The van der Waals surface area contributed by atoms with E-state index < -0.39 is 5.91 Å². The first-order valence-corrected chi connectivity index (χ1v) is 9.26. The molecule has 0 saturated carbocycles. The summed E-state index contributed by atoms with van der Waals surface area (Å²) in [6, 6.07) is 16.1. The number of carbonyl (C=O) groups is 1. The van der Waals surface area contributed by atoms with Gasteiger partial charge in [-0.25, -0.2) is 0 Å². The fourth-order valence-electron chi connectivity index (χ4n) is 4.19. The lowest BCUT2D eigenvalue weighted by Gasteiger charge is -2.38. The minimum absolute atomic E-state index is 0.0315. The van der Waals surface area contributed by atoms with Crippen LogP contribution in [0.5, 0.6) is 5.75 Å². The maximum atomic E-state index is 11.3. The molecule has 0 bridgehead atoms. The van der Waals surface area contributed by atoms with Gasteiger partial charge in [0.2, 0.25) is 5.91 Å². The molecule has 1 fully saturated rings. The fraction of sp³-hybridized carbons (Fsp3) is 0.381. The SMILES string of the molecule is NC(=O)c1ccc(O[C@@H]2c3ccccc3C[C@H]2N2CCC[C@H](N)C2)cc1. The molecule has 136 valence electrons. The van der Waals surface area contributed by atoms with Crippen LogP contribution in [0, 0.1) is 0 Å². The molecule has 4 rings (SSSR count). The molecule has 0 aromatic heterocycles. The highest BCUT2D eigenvalue weighted by Crippen LogP contribution is 2.38. The Hall–Kier alpha value is -2.37. The zero-order valence-electron chi connectivity index (χ0n) is 14.8. The van der Waals surface area contributed by atoms with E-state index in [1.54, 1.807) is 12.1 Å². The fourth-order valence-corrected chi connectivity index (χ4v) is 4.19. The Kier molecular flexibility index (Phi) is 4.66. The lowest BCUT2D eigenvalue weighted by Crippen LogP contribution is -2.49. The van der Waals surface area contributed by atoms with Crippen molar-refractivity contribution in [2.75, 3.05) is 13.1 Å². The average molecular weight is 351 g/mol. The van der Waals surface area contributed by atoms with E-state index >= 15 is 0 Å². The van der Waals surface area contributed by atoms with Crippen LogP contribution >= 0.6 is 0 Å². The quantitative estimate of drug-likeness (QED) is 0.885. The summed E-state index contributed by atoms with van der Waals surface area (Å²) in [5.41, 5.74) is 14.6. The predicted molar refractivity (Wildman–Crippen MR) is 101 cm³/mol. The molecule has 1 aliphatic heterocycles. The highest BCUT2D eigenvalue weighted by molar-refractivity contribution is 5.92. The number of benzene rings is 2. The Morgan fingerprint density at radius 2 is 1.88 bits per heavy atom. The van der Waals surface area contributed by atoms with E-state index in [-0.39, 0.29) is 18.2 Å². The molecule has 1 heterocycles. The third-order valence-electron chi connectivity index (χ3n) is 5.50. The van der Waals surface area contributed by atoms with Crippen molar-refractivity contribution in [3.63, 3.8) is 0 Å². The third kappa shape index (κ3) is 3.32. The van der Waals surface area contributed by atoms with Crippen LogP contribution in [-0.2, 0) is 6.42 Å². The number of likely N-dealkylation sites (tertiary alicyclic amines) is 1. The number of nitrogens with two attached hydrogens (primary N) is 2. The molecule has 0 radical (unpaired) electrons. The lowest BCUT2D eigenvalue weighted by molar-refractivity contribution is 0.0593. The number of hydrogen-bond donors (Lipinski definition) is 2. The standard InChI is InChI=1S/C21H25N3O2/c22-16-5-3-11-24(13-16)19-12-15-4-1-2-6-18(15)20(19)26-17-9-7-14(8-10-17)21(23)25/h1-2,4,6-10,16,19-20H,3,5,11-13,22H2,(H2,23,25)/t16-,19+,20+/m0/s1. The van der Waals surface area contributed by atoms with Gasteiger partial charge in [0, 0.05) is 18.2 Å². The maximum absolute atomic E-state index is 11.3. The van der Waals surface area contributed by atoms with E-state index in [1.165, 1.54) is 11.1 Å². The highest BCUT2D eigenvalue weighted by atomic mass is 16.5. The number of amides is 1. The molecule has 1 saturated heterocycles. The largest absolute Gasteiger partial charge is 0.484 e. The number of fused-ring (bicyclic) bond motifs is 1. The van der Waals surface area contributed by atoms with Gasteiger partial charge in [-0.1, -0.05) is 24.3 Å². The molecule has 1 aliphatic carbocycles. The first-order valence-electron chi connectivity index (χ1n) is 9.26. The molecule has 0 unspecified atom stereocenters. The van der Waals surface area contributed by atoms with Gasteiger partial charge in [0.25, 0.3) is 0 Å². The number of nitrogens with zero attached hydrogens (tertiary/aromatic N) is 1. The van der Waals surface area contributed by atoms with Gasteiger partial charge in [0.15, 0.2) is 0 Å². The zero-order valence-corrected chi connectivity index (χ0v) is 14.8. The number of primary amides is 1. The van der Waals surface area contributed by atoms with E-state index in [0.29, 0.717) is 5.56 Å². The van der Waals surface area contributed by atoms with Crippen molar-refractivity contribution < 1.29 is 9.53 Å². The second-order valence-electron chi connectivity index (χ2n) is 7.29. The Morgan fingerprint density at radius 3 is 2.62 bits per heavy atom. The molecule has 5 heteroatoms. The van der Waals surface area contributed by atoms with Crippen molar-refractivity contribution in [2.24, 2.45) is 11.5 Å². The highest BCUT2D eigenvalue weighted by Gasteiger charge is 2.39. The number of ether oxygens (including phenoxy) is 1. The summed E-state index contributed by atoms with van der Waals surface area (Å²) in [5, 5.41) is 0. The summed E-state index contributed by atoms with van der Waals surface area (Å²) >= 11 is 0. The van der Waals surface area contributed by atoms with E-state index in [2.05, 4.69) is 29.2 Å². The van der Waals surface area contributed by atoms with Gasteiger partial charge in [0.05, 0.1) is 6.04 Å². The molecule has 5 nitrogen and oxygen atoms in total. The van der Waals surface area contributed by atoms with E-state index in [4.69, 9.17) is 16.2 Å². The van der Waals surface area contributed by atoms with Crippen LogP contribution in [0.25, 0.3) is 0 Å². The lowest BCUT2D eigenvalue weighted by atomic mass is 10.0. The maximum Gasteiger partial charge on any atom is 0.248 e. The molecule has 3 atom stereocenters. The molecular weight excluding hydrogens is 326 g/mol. The predicted octanol–water partition coefficient (Wildman–Crippen LogP) is 2.25. The van der Waals surface area contributed by atoms with Crippen LogP contribution < -0.4 is 16.2 Å². The normalized spacial score (nSPS) is 25.7. The molecule has 2 aromatic rings. The van der Waals surface area contributed by atoms with E-state index in [9.17, 15) is 4.79 Å². The van der Waals surface area contributed by atoms with Crippen molar-refractivity contribution in [1.29, 1.82) is 0 Å². The molecule has 4 N–H and O–H groups in total. The van der Waals surface area contributed by atoms with Gasteiger partial charge in [-0.05, 0) is 61.2 Å². The van der Waals surface area contributed by atoms with Gasteiger partial charge in [0.1, 0.15) is 11.9 Å². The first-order chi connectivity index (χ1) is 12.6. The third-order valence-corrected chi connectivity index (χ3v) is 5.50. The van der Waals surface area contributed by atoms with Gasteiger partial charge < -0.3 is 16.2 Å². The summed E-state index contributed by atoms with van der Waals surface area (Å²) in [6.07, 6.45) is 3.17. The molecular formula is C21H25N3O2. The summed E-state index contributed by atoms with van der Waals surface area (Å²) in [5.74, 6) is 0.325. The van der Waals surface area contributed by atoms with Crippen LogP contribution in [0.2, 0.25) is 0 Å². The monoisotopic (exact) mass is 351 g/mol. The number of carbonyl (C=O) groups excluding carboxylic acids is 1. The van der Waals surface area contributed by atoms with Gasteiger partial charge in [-0.3, -0.25) is 9.69 Å². The number of hydrogen-bond acceptors (Lipinski definition) is 4. The van der Waals surface area contributed by atoms with Crippen molar-refractivity contribution in [3.05, 3.63) is 65.2 Å². The Bertz CT molecular complexity index is 790. The minimum Gasteiger partial charge on any atom is -0.484 e. The van der Waals surface area contributed by atoms with Crippen LogP contribution in [-0.4, -0.2) is 36.0 Å².